The van der Waals surface area contributed by atoms with Crippen molar-refractivity contribution in [3.05, 3.63) is 75.8 Å². The van der Waals surface area contributed by atoms with E-state index >= 15 is 0 Å². The summed E-state index contributed by atoms with van der Waals surface area (Å²) in [7, 11) is 1.37. The zero-order valence-electron chi connectivity index (χ0n) is 19.2. The van der Waals surface area contributed by atoms with Crippen molar-refractivity contribution in [3.8, 4) is 17.2 Å². The van der Waals surface area contributed by atoms with E-state index in [4.69, 9.17) is 4.74 Å². The lowest BCUT2D eigenvalue weighted by Gasteiger charge is -2.11. The molecular weight excluding hydrogens is 490 g/mol. The first-order chi connectivity index (χ1) is 16.7. The number of alkyl halides is 6. The molecule has 3 rings (SSSR count). The van der Waals surface area contributed by atoms with Gasteiger partial charge in [0, 0.05) is 29.6 Å². The fourth-order valence-corrected chi connectivity index (χ4v) is 3.26. The summed E-state index contributed by atoms with van der Waals surface area (Å²) in [6.45, 7) is 2.63. The van der Waals surface area contributed by atoms with Gasteiger partial charge in [0.05, 0.1) is 29.6 Å². The van der Waals surface area contributed by atoms with E-state index < -0.39 is 35.0 Å². The molecule has 0 radical (unpaired) electrons. The SMILES string of the molecule is COc1ccc(N=Cc2cc(C(F)(F)F)cc(C)c2O)c(N=Cc2cc(C(F)(F)F)cc(C)c2O)c1. The van der Waals surface area contributed by atoms with Gasteiger partial charge >= 0.3 is 12.4 Å². The van der Waals surface area contributed by atoms with Gasteiger partial charge in [-0.25, -0.2) is 0 Å². The van der Waals surface area contributed by atoms with Gasteiger partial charge in [0.25, 0.3) is 0 Å². The molecule has 0 saturated carbocycles. The molecule has 2 N–H and O–H groups in total. The van der Waals surface area contributed by atoms with Crippen LogP contribution in [0.4, 0.5) is 37.7 Å². The maximum absolute atomic E-state index is 13.2. The van der Waals surface area contributed by atoms with E-state index in [0.29, 0.717) is 5.75 Å². The highest BCUT2D eigenvalue weighted by Crippen LogP contribution is 2.37. The molecule has 0 aliphatic carbocycles. The Morgan fingerprint density at radius 1 is 0.694 bits per heavy atom. The number of rotatable bonds is 5. The van der Waals surface area contributed by atoms with Crippen LogP contribution in [0.2, 0.25) is 0 Å². The fourth-order valence-electron chi connectivity index (χ4n) is 3.26. The second kappa shape index (κ2) is 9.92. The van der Waals surface area contributed by atoms with Crippen LogP contribution in [0.5, 0.6) is 17.2 Å². The fraction of sp³-hybridized carbons (Fsp3) is 0.200. The van der Waals surface area contributed by atoms with Crippen LogP contribution < -0.4 is 4.74 Å². The molecule has 11 heteroatoms. The van der Waals surface area contributed by atoms with Crippen molar-refractivity contribution in [1.82, 2.24) is 0 Å². The molecule has 0 aromatic heterocycles. The number of aryl methyl sites for hydroxylation is 2. The van der Waals surface area contributed by atoms with E-state index in [-0.39, 0.29) is 33.6 Å². The van der Waals surface area contributed by atoms with Gasteiger partial charge in [0.1, 0.15) is 17.2 Å². The smallest absolute Gasteiger partial charge is 0.416 e. The maximum Gasteiger partial charge on any atom is 0.416 e. The third-order valence-corrected chi connectivity index (χ3v) is 5.18. The van der Waals surface area contributed by atoms with Gasteiger partial charge in [-0.05, 0) is 61.4 Å². The molecule has 0 heterocycles. The van der Waals surface area contributed by atoms with E-state index in [2.05, 4.69) is 9.98 Å². The van der Waals surface area contributed by atoms with E-state index in [1.165, 1.54) is 39.2 Å². The Morgan fingerprint density at radius 2 is 1.14 bits per heavy atom. The molecule has 3 aromatic rings. The molecule has 0 aliphatic heterocycles. The zero-order chi connectivity index (χ0) is 26.8. The minimum absolute atomic E-state index is 0.00496. The van der Waals surface area contributed by atoms with Crippen molar-refractivity contribution in [3.63, 3.8) is 0 Å². The molecular formula is C25H20F6N2O3. The van der Waals surface area contributed by atoms with E-state index in [1.54, 1.807) is 0 Å². The lowest BCUT2D eigenvalue weighted by Crippen LogP contribution is -2.06. The van der Waals surface area contributed by atoms with Gasteiger partial charge in [-0.15, -0.1) is 0 Å². The predicted molar refractivity (Wildman–Crippen MR) is 123 cm³/mol. The van der Waals surface area contributed by atoms with Crippen LogP contribution in [0.15, 0.2) is 52.4 Å². The van der Waals surface area contributed by atoms with Crippen LogP contribution >= 0.6 is 0 Å². The average Bonchev–Trinajstić information content (AvgIpc) is 2.79. The van der Waals surface area contributed by atoms with Gasteiger partial charge in [0.2, 0.25) is 0 Å². The highest BCUT2D eigenvalue weighted by Gasteiger charge is 2.32. The van der Waals surface area contributed by atoms with Gasteiger partial charge in [-0.2, -0.15) is 26.3 Å². The number of aliphatic imine (C=N–C) groups is 2. The molecule has 190 valence electrons. The van der Waals surface area contributed by atoms with Crippen LogP contribution in [0.25, 0.3) is 0 Å². The first-order valence-electron chi connectivity index (χ1n) is 10.3. The van der Waals surface area contributed by atoms with Crippen LogP contribution in [-0.2, 0) is 12.4 Å². The van der Waals surface area contributed by atoms with Gasteiger partial charge in [-0.3, -0.25) is 9.98 Å². The molecule has 0 atom stereocenters. The number of halogens is 6. The summed E-state index contributed by atoms with van der Waals surface area (Å²) in [5, 5.41) is 20.4. The highest BCUT2D eigenvalue weighted by atomic mass is 19.4. The topological polar surface area (TPSA) is 74.4 Å². The number of benzene rings is 3. The van der Waals surface area contributed by atoms with Crippen molar-refractivity contribution in [1.29, 1.82) is 0 Å². The lowest BCUT2D eigenvalue weighted by atomic mass is 10.0. The molecule has 0 aliphatic rings. The molecule has 0 fully saturated rings. The molecule has 0 amide bonds. The number of phenolic OH excluding ortho intramolecular Hbond substituents is 2. The molecule has 36 heavy (non-hydrogen) atoms. The summed E-state index contributed by atoms with van der Waals surface area (Å²) in [5.41, 5.74) is -2.15. The summed E-state index contributed by atoms with van der Waals surface area (Å²) >= 11 is 0. The number of phenols is 2. The van der Waals surface area contributed by atoms with Gasteiger partial charge < -0.3 is 14.9 Å². The molecule has 0 unspecified atom stereocenters. The van der Waals surface area contributed by atoms with Gasteiger partial charge in [-0.1, -0.05) is 0 Å². The Morgan fingerprint density at radius 3 is 1.56 bits per heavy atom. The van der Waals surface area contributed by atoms with Crippen LogP contribution in [-0.4, -0.2) is 29.8 Å². The summed E-state index contributed by atoms with van der Waals surface area (Å²) in [4.78, 5) is 8.25. The third kappa shape index (κ3) is 5.96. The number of aromatic hydroxyl groups is 2. The monoisotopic (exact) mass is 510 g/mol. The lowest BCUT2D eigenvalue weighted by molar-refractivity contribution is -0.138. The first kappa shape index (κ1) is 26.6. The Kier molecular flexibility index (Phi) is 7.33. The van der Waals surface area contributed by atoms with Crippen molar-refractivity contribution in [2.24, 2.45) is 9.98 Å². The van der Waals surface area contributed by atoms with E-state index in [9.17, 15) is 36.6 Å². The van der Waals surface area contributed by atoms with Crippen LogP contribution in [0.3, 0.4) is 0 Å². The molecule has 0 saturated heterocycles. The Balaban J connectivity index is 2.06. The van der Waals surface area contributed by atoms with Crippen LogP contribution in [0, 0.1) is 13.8 Å². The Bertz CT molecular complexity index is 1350. The van der Waals surface area contributed by atoms with E-state index in [0.717, 1.165) is 36.7 Å². The summed E-state index contributed by atoms with van der Waals surface area (Å²) in [6, 6.07) is 7.40. The minimum atomic E-state index is -4.64. The Hall–Kier alpha value is -4.02. The third-order valence-electron chi connectivity index (χ3n) is 5.18. The number of hydrogen-bond donors (Lipinski definition) is 2. The number of hydrogen-bond acceptors (Lipinski definition) is 5. The first-order valence-corrected chi connectivity index (χ1v) is 10.3. The van der Waals surface area contributed by atoms with E-state index in [1.807, 2.05) is 0 Å². The van der Waals surface area contributed by atoms with Crippen LogP contribution in [0.1, 0.15) is 33.4 Å². The molecule has 0 spiro atoms. The van der Waals surface area contributed by atoms with Crippen molar-refractivity contribution in [2.45, 2.75) is 26.2 Å². The number of methoxy groups -OCH3 is 1. The summed E-state index contributed by atoms with van der Waals surface area (Å²) < 4.78 is 84.2. The maximum atomic E-state index is 13.2. The second-order valence-corrected chi connectivity index (χ2v) is 7.83. The van der Waals surface area contributed by atoms with Crippen molar-refractivity contribution >= 4 is 23.8 Å². The number of nitrogens with zero attached hydrogens (tertiary/aromatic N) is 2. The zero-order valence-corrected chi connectivity index (χ0v) is 19.2. The molecule has 5 nitrogen and oxygen atoms in total. The summed E-state index contributed by atoms with van der Waals surface area (Å²) in [6.07, 6.45) is -7.25. The minimum Gasteiger partial charge on any atom is -0.507 e. The van der Waals surface area contributed by atoms with Gasteiger partial charge in [0.15, 0.2) is 0 Å². The quantitative estimate of drug-likeness (QED) is 0.280. The second-order valence-electron chi connectivity index (χ2n) is 7.83. The highest BCUT2D eigenvalue weighted by molar-refractivity contribution is 5.90. The standard InChI is InChI=1S/C25H20F6N2O3/c1-13-6-17(24(26,27)28)8-15(22(13)34)11-32-20-5-4-19(36-3)10-21(20)33-12-16-9-18(25(29,30)31)7-14(2)23(16)35/h4-12,34-35H,1-3H3. The normalized spacial score (nSPS) is 12.6. The largest absolute Gasteiger partial charge is 0.507 e. The molecule has 3 aromatic carbocycles. The number of ether oxygens (including phenoxy) is 1. The predicted octanol–water partition coefficient (Wildman–Crippen LogP) is 7.26. The average molecular weight is 510 g/mol. The summed E-state index contributed by atoms with van der Waals surface area (Å²) in [5.74, 6) is -0.470. The van der Waals surface area contributed by atoms with Crippen molar-refractivity contribution < 1.29 is 41.3 Å². The van der Waals surface area contributed by atoms with Crippen molar-refractivity contribution in [2.75, 3.05) is 7.11 Å². The molecule has 0 bridgehead atoms. The Labute approximate surface area is 202 Å².